The van der Waals surface area contributed by atoms with Gasteiger partial charge < -0.3 is 10.3 Å². The standard InChI is InChI=1S/C11H12FN3O.ClH/c1-7(13)11-14-10(15-16-11)6-8-3-2-4-9(12)5-8;/h2-5,7H,6,13H2,1H3;1H/t7-;/m0./s1. The molecule has 0 fully saturated rings. The van der Waals surface area contributed by atoms with Crippen LogP contribution in [0, 0.1) is 5.82 Å². The summed E-state index contributed by atoms with van der Waals surface area (Å²) in [7, 11) is 0. The first kappa shape index (κ1) is 13.6. The van der Waals surface area contributed by atoms with Crippen molar-refractivity contribution in [3.05, 3.63) is 47.4 Å². The third kappa shape index (κ3) is 3.51. The van der Waals surface area contributed by atoms with E-state index in [4.69, 9.17) is 10.3 Å². The van der Waals surface area contributed by atoms with Crippen LogP contribution in [-0.2, 0) is 6.42 Å². The molecule has 0 spiro atoms. The lowest BCUT2D eigenvalue weighted by atomic mass is 10.1. The lowest BCUT2D eigenvalue weighted by molar-refractivity contribution is 0.357. The van der Waals surface area contributed by atoms with Gasteiger partial charge in [0.05, 0.1) is 6.04 Å². The van der Waals surface area contributed by atoms with Crippen molar-refractivity contribution >= 4 is 12.4 Å². The molecule has 1 aromatic carbocycles. The number of halogens is 2. The van der Waals surface area contributed by atoms with E-state index in [0.717, 1.165) is 5.56 Å². The Labute approximate surface area is 104 Å². The number of hydrogen-bond acceptors (Lipinski definition) is 4. The Bertz CT molecular complexity index is 487. The van der Waals surface area contributed by atoms with Gasteiger partial charge >= 0.3 is 0 Å². The average molecular weight is 258 g/mol. The molecule has 2 N–H and O–H groups in total. The molecule has 4 nitrogen and oxygen atoms in total. The fourth-order valence-corrected chi connectivity index (χ4v) is 1.35. The topological polar surface area (TPSA) is 64.9 Å². The predicted molar refractivity (Wildman–Crippen MR) is 63.4 cm³/mol. The van der Waals surface area contributed by atoms with E-state index < -0.39 is 0 Å². The first-order chi connectivity index (χ1) is 7.65. The number of aromatic nitrogens is 2. The summed E-state index contributed by atoms with van der Waals surface area (Å²) in [5, 5.41) is 3.77. The zero-order valence-electron chi connectivity index (χ0n) is 9.26. The van der Waals surface area contributed by atoms with E-state index in [2.05, 4.69) is 10.1 Å². The van der Waals surface area contributed by atoms with Gasteiger partial charge in [-0.15, -0.1) is 12.4 Å². The van der Waals surface area contributed by atoms with Crippen molar-refractivity contribution in [2.75, 3.05) is 0 Å². The summed E-state index contributed by atoms with van der Waals surface area (Å²) < 4.78 is 17.9. The number of rotatable bonds is 3. The van der Waals surface area contributed by atoms with Gasteiger partial charge in [-0.25, -0.2) is 4.39 Å². The summed E-state index contributed by atoms with van der Waals surface area (Å²) in [6, 6.07) is 6.02. The van der Waals surface area contributed by atoms with Crippen LogP contribution in [0.25, 0.3) is 0 Å². The van der Waals surface area contributed by atoms with E-state index in [0.29, 0.717) is 18.1 Å². The van der Waals surface area contributed by atoms with Crippen molar-refractivity contribution in [1.29, 1.82) is 0 Å². The molecule has 0 saturated carbocycles. The molecule has 0 unspecified atom stereocenters. The van der Waals surface area contributed by atoms with Crippen LogP contribution in [0.5, 0.6) is 0 Å². The highest BCUT2D eigenvalue weighted by Crippen LogP contribution is 2.11. The summed E-state index contributed by atoms with van der Waals surface area (Å²) in [6.45, 7) is 1.76. The maximum Gasteiger partial charge on any atom is 0.243 e. The van der Waals surface area contributed by atoms with Crippen molar-refractivity contribution in [1.82, 2.24) is 10.1 Å². The first-order valence-corrected chi connectivity index (χ1v) is 4.97. The molecular formula is C11H13ClFN3O. The Morgan fingerprint density at radius 2 is 2.24 bits per heavy atom. The highest BCUT2D eigenvalue weighted by molar-refractivity contribution is 5.85. The summed E-state index contributed by atoms with van der Waals surface area (Å²) in [5.74, 6) is 0.637. The molecule has 0 radical (unpaired) electrons. The molecule has 0 aliphatic rings. The second-order valence-electron chi connectivity index (χ2n) is 3.64. The van der Waals surface area contributed by atoms with Gasteiger partial charge in [-0.1, -0.05) is 17.3 Å². The van der Waals surface area contributed by atoms with Crippen molar-refractivity contribution in [3.8, 4) is 0 Å². The van der Waals surface area contributed by atoms with Crippen molar-refractivity contribution in [2.24, 2.45) is 5.73 Å². The summed E-state index contributed by atoms with van der Waals surface area (Å²) in [6.07, 6.45) is 0.438. The van der Waals surface area contributed by atoms with Crippen LogP contribution >= 0.6 is 12.4 Å². The molecule has 17 heavy (non-hydrogen) atoms. The fourth-order valence-electron chi connectivity index (χ4n) is 1.35. The van der Waals surface area contributed by atoms with E-state index in [1.165, 1.54) is 12.1 Å². The quantitative estimate of drug-likeness (QED) is 0.916. The Hall–Kier alpha value is -1.46. The molecule has 92 valence electrons. The molecule has 1 atom stereocenters. The zero-order valence-corrected chi connectivity index (χ0v) is 10.1. The Kier molecular flexibility index (Phi) is 4.60. The van der Waals surface area contributed by atoms with E-state index in [1.54, 1.807) is 13.0 Å². The number of nitrogens with two attached hydrogens (primary N) is 1. The Balaban J connectivity index is 0.00000144. The van der Waals surface area contributed by atoms with Gasteiger partial charge in [-0.3, -0.25) is 0 Å². The first-order valence-electron chi connectivity index (χ1n) is 4.97. The molecular weight excluding hydrogens is 245 g/mol. The summed E-state index contributed by atoms with van der Waals surface area (Å²) >= 11 is 0. The second-order valence-corrected chi connectivity index (χ2v) is 3.64. The van der Waals surface area contributed by atoms with Gasteiger partial charge in [0, 0.05) is 6.42 Å². The molecule has 2 aromatic rings. The lowest BCUT2D eigenvalue weighted by Crippen LogP contribution is -2.05. The van der Waals surface area contributed by atoms with E-state index >= 15 is 0 Å². The van der Waals surface area contributed by atoms with Crippen LogP contribution in [0.3, 0.4) is 0 Å². The van der Waals surface area contributed by atoms with Gasteiger partial charge in [0.15, 0.2) is 5.82 Å². The molecule has 1 heterocycles. The van der Waals surface area contributed by atoms with Gasteiger partial charge in [-0.05, 0) is 24.6 Å². The van der Waals surface area contributed by atoms with E-state index in [-0.39, 0.29) is 24.3 Å². The largest absolute Gasteiger partial charge is 0.338 e. The molecule has 0 amide bonds. The average Bonchev–Trinajstić information content (AvgIpc) is 2.66. The van der Waals surface area contributed by atoms with Crippen molar-refractivity contribution < 1.29 is 8.91 Å². The molecule has 2 rings (SSSR count). The van der Waals surface area contributed by atoms with Crippen LogP contribution < -0.4 is 5.73 Å². The molecule has 0 aliphatic carbocycles. The van der Waals surface area contributed by atoms with Crippen LogP contribution in [0.2, 0.25) is 0 Å². The summed E-state index contributed by atoms with van der Waals surface area (Å²) in [4.78, 5) is 4.11. The fraction of sp³-hybridized carbons (Fsp3) is 0.273. The Morgan fingerprint density at radius 1 is 1.47 bits per heavy atom. The monoisotopic (exact) mass is 257 g/mol. The van der Waals surface area contributed by atoms with Gasteiger partial charge in [-0.2, -0.15) is 4.98 Å². The smallest absolute Gasteiger partial charge is 0.243 e. The second kappa shape index (κ2) is 5.75. The zero-order chi connectivity index (χ0) is 11.5. The normalized spacial score (nSPS) is 11.9. The molecule has 0 saturated heterocycles. The SMILES string of the molecule is C[C@H](N)c1nc(Cc2cccc(F)c2)no1.Cl. The van der Waals surface area contributed by atoms with E-state index in [1.807, 2.05) is 6.07 Å². The minimum atomic E-state index is -0.284. The third-order valence-corrected chi connectivity index (χ3v) is 2.12. The summed E-state index contributed by atoms with van der Waals surface area (Å²) in [5.41, 5.74) is 6.39. The third-order valence-electron chi connectivity index (χ3n) is 2.12. The molecule has 0 aliphatic heterocycles. The number of hydrogen-bond donors (Lipinski definition) is 1. The molecule has 1 aromatic heterocycles. The van der Waals surface area contributed by atoms with Crippen LogP contribution in [0.15, 0.2) is 28.8 Å². The highest BCUT2D eigenvalue weighted by atomic mass is 35.5. The van der Waals surface area contributed by atoms with Crippen LogP contribution in [-0.4, -0.2) is 10.1 Å². The van der Waals surface area contributed by atoms with Crippen LogP contribution in [0.1, 0.15) is 30.2 Å². The number of nitrogens with zero attached hydrogens (tertiary/aromatic N) is 2. The van der Waals surface area contributed by atoms with Gasteiger partial charge in [0.2, 0.25) is 5.89 Å². The van der Waals surface area contributed by atoms with Gasteiger partial charge in [0.1, 0.15) is 5.82 Å². The molecule has 0 bridgehead atoms. The predicted octanol–water partition coefficient (Wildman–Crippen LogP) is 2.24. The maximum absolute atomic E-state index is 12.9. The minimum absolute atomic E-state index is 0. The van der Waals surface area contributed by atoms with Crippen molar-refractivity contribution in [2.45, 2.75) is 19.4 Å². The Morgan fingerprint density at radius 3 is 2.82 bits per heavy atom. The molecule has 6 heteroatoms. The van der Waals surface area contributed by atoms with E-state index in [9.17, 15) is 4.39 Å². The minimum Gasteiger partial charge on any atom is -0.338 e. The van der Waals surface area contributed by atoms with Gasteiger partial charge in [0.25, 0.3) is 0 Å². The van der Waals surface area contributed by atoms with Crippen LogP contribution in [0.4, 0.5) is 4.39 Å². The van der Waals surface area contributed by atoms with Crippen molar-refractivity contribution in [3.63, 3.8) is 0 Å². The number of benzene rings is 1. The maximum atomic E-state index is 12.9. The lowest BCUT2D eigenvalue weighted by Gasteiger charge is -1.96. The highest BCUT2D eigenvalue weighted by Gasteiger charge is 2.10.